The van der Waals surface area contributed by atoms with Gasteiger partial charge in [-0.15, -0.1) is 0 Å². The summed E-state index contributed by atoms with van der Waals surface area (Å²) in [6.45, 7) is 6.09. The molecule has 0 saturated carbocycles. The van der Waals surface area contributed by atoms with E-state index in [9.17, 15) is 8.42 Å². The third-order valence-electron chi connectivity index (χ3n) is 2.74. The van der Waals surface area contributed by atoms with E-state index in [-0.39, 0.29) is 11.2 Å². The number of halogens is 1. The molecule has 0 radical (unpaired) electrons. The fourth-order valence-electron chi connectivity index (χ4n) is 1.40. The summed E-state index contributed by atoms with van der Waals surface area (Å²) in [6, 6.07) is 7.94. The number of benzene rings is 1. The second-order valence-electron chi connectivity index (χ2n) is 4.62. The summed E-state index contributed by atoms with van der Waals surface area (Å²) in [5.41, 5.74) is 0.891. The molecular formula is C12H18BrNO2S. The molecule has 0 aliphatic rings. The first kappa shape index (κ1) is 14.7. The molecule has 0 heterocycles. The molecule has 3 nitrogen and oxygen atoms in total. The first-order valence-corrected chi connectivity index (χ1v) is 7.95. The van der Waals surface area contributed by atoms with Crippen molar-refractivity contribution in [2.24, 2.45) is 0 Å². The molecule has 5 heteroatoms. The number of rotatable bonds is 5. The fraction of sp³-hybridized carbons (Fsp3) is 0.500. The molecular weight excluding hydrogens is 302 g/mol. The van der Waals surface area contributed by atoms with Crippen LogP contribution in [0.4, 0.5) is 0 Å². The molecule has 1 rings (SSSR count). The lowest BCUT2D eigenvalue weighted by Gasteiger charge is -2.25. The van der Waals surface area contributed by atoms with E-state index in [2.05, 4.69) is 20.7 Å². The van der Waals surface area contributed by atoms with Crippen LogP contribution in [-0.4, -0.2) is 20.7 Å². The maximum Gasteiger partial charge on any atom is 0.211 e. The molecule has 0 saturated heterocycles. The Morgan fingerprint density at radius 2 is 1.76 bits per heavy atom. The molecule has 0 atom stereocenters. The van der Waals surface area contributed by atoms with Crippen LogP contribution in [0.25, 0.3) is 0 Å². The van der Waals surface area contributed by atoms with Gasteiger partial charge in [-0.25, -0.2) is 13.1 Å². The molecule has 0 aliphatic heterocycles. The largest absolute Gasteiger partial charge is 0.214 e. The monoisotopic (exact) mass is 319 g/mol. The van der Waals surface area contributed by atoms with Crippen LogP contribution < -0.4 is 4.72 Å². The summed E-state index contributed by atoms with van der Waals surface area (Å²) in [5.74, 6) is 0.115. The van der Waals surface area contributed by atoms with Gasteiger partial charge in [0.15, 0.2) is 0 Å². The molecule has 0 fully saturated rings. The van der Waals surface area contributed by atoms with Crippen LogP contribution in [0.5, 0.6) is 0 Å². The van der Waals surface area contributed by atoms with Gasteiger partial charge in [0, 0.05) is 16.4 Å². The van der Waals surface area contributed by atoms with E-state index in [1.54, 1.807) is 6.92 Å². The highest BCUT2D eigenvalue weighted by atomic mass is 79.9. The minimum absolute atomic E-state index is 0.115. The van der Waals surface area contributed by atoms with Gasteiger partial charge in [-0.1, -0.05) is 41.9 Å². The average molecular weight is 320 g/mol. The predicted octanol–water partition coefficient (Wildman–Crippen LogP) is 2.67. The first-order chi connectivity index (χ1) is 7.77. The lowest BCUT2D eigenvalue weighted by molar-refractivity contribution is 0.502. The third kappa shape index (κ3) is 4.41. The summed E-state index contributed by atoms with van der Waals surface area (Å²) < 4.78 is 26.5. The van der Waals surface area contributed by atoms with Crippen LogP contribution in [0.3, 0.4) is 0 Å². The van der Waals surface area contributed by atoms with Crippen molar-refractivity contribution in [2.75, 3.05) is 12.3 Å². The average Bonchev–Trinajstić information content (AvgIpc) is 2.27. The van der Waals surface area contributed by atoms with Crippen LogP contribution in [0.15, 0.2) is 28.7 Å². The van der Waals surface area contributed by atoms with Gasteiger partial charge in [0.05, 0.1) is 5.75 Å². The third-order valence-corrected chi connectivity index (χ3v) is 4.61. The Kier molecular flexibility index (Phi) is 4.75. The highest BCUT2D eigenvalue weighted by Gasteiger charge is 2.22. The lowest BCUT2D eigenvalue weighted by Crippen LogP contribution is -2.37. The van der Waals surface area contributed by atoms with E-state index in [1.165, 1.54) is 0 Å². The van der Waals surface area contributed by atoms with Crippen molar-refractivity contribution in [3.8, 4) is 0 Å². The topological polar surface area (TPSA) is 46.2 Å². The molecule has 17 heavy (non-hydrogen) atoms. The van der Waals surface area contributed by atoms with Crippen molar-refractivity contribution >= 4 is 26.0 Å². The van der Waals surface area contributed by atoms with Gasteiger partial charge >= 0.3 is 0 Å². The minimum Gasteiger partial charge on any atom is -0.214 e. The van der Waals surface area contributed by atoms with Crippen molar-refractivity contribution in [3.63, 3.8) is 0 Å². The molecule has 0 aromatic heterocycles. The molecule has 1 aromatic carbocycles. The number of sulfonamides is 1. The van der Waals surface area contributed by atoms with Crippen LogP contribution in [0, 0.1) is 0 Å². The summed E-state index contributed by atoms with van der Waals surface area (Å²) in [4.78, 5) is 0. The zero-order valence-electron chi connectivity index (χ0n) is 10.3. The van der Waals surface area contributed by atoms with E-state index < -0.39 is 10.0 Å². The SMILES string of the molecule is CCS(=O)(=O)NCC(C)(C)c1ccc(Br)cc1. The number of nitrogens with one attached hydrogen (secondary N) is 1. The maximum atomic E-state index is 11.4. The Bertz CT molecular complexity index is 466. The molecule has 0 spiro atoms. The maximum absolute atomic E-state index is 11.4. The highest BCUT2D eigenvalue weighted by Crippen LogP contribution is 2.24. The van der Waals surface area contributed by atoms with Crippen molar-refractivity contribution in [1.29, 1.82) is 0 Å². The van der Waals surface area contributed by atoms with E-state index in [0.717, 1.165) is 10.0 Å². The predicted molar refractivity (Wildman–Crippen MR) is 74.6 cm³/mol. The van der Waals surface area contributed by atoms with Gasteiger partial charge in [-0.05, 0) is 24.6 Å². The Hall–Kier alpha value is -0.390. The Morgan fingerprint density at radius 1 is 1.24 bits per heavy atom. The van der Waals surface area contributed by atoms with Gasteiger partial charge < -0.3 is 0 Å². The molecule has 96 valence electrons. The van der Waals surface area contributed by atoms with Crippen LogP contribution in [0.2, 0.25) is 0 Å². The summed E-state index contributed by atoms with van der Waals surface area (Å²) in [6.07, 6.45) is 0. The Labute approximate surface area is 112 Å². The molecule has 0 aliphatic carbocycles. The minimum atomic E-state index is -3.13. The molecule has 0 bridgehead atoms. The number of hydrogen-bond donors (Lipinski definition) is 1. The number of hydrogen-bond acceptors (Lipinski definition) is 2. The summed E-state index contributed by atoms with van der Waals surface area (Å²) >= 11 is 3.38. The zero-order valence-corrected chi connectivity index (χ0v) is 12.7. The van der Waals surface area contributed by atoms with E-state index >= 15 is 0 Å². The first-order valence-electron chi connectivity index (χ1n) is 5.50. The van der Waals surface area contributed by atoms with Gasteiger partial charge in [-0.2, -0.15) is 0 Å². The normalized spacial score (nSPS) is 12.7. The summed E-state index contributed by atoms with van der Waals surface area (Å²) in [7, 11) is -3.13. The fourth-order valence-corrected chi connectivity index (χ4v) is 2.44. The lowest BCUT2D eigenvalue weighted by atomic mass is 9.85. The van der Waals surface area contributed by atoms with Crippen LogP contribution >= 0.6 is 15.9 Å². The Morgan fingerprint density at radius 3 is 2.24 bits per heavy atom. The van der Waals surface area contributed by atoms with Crippen LogP contribution in [0.1, 0.15) is 26.3 Å². The molecule has 1 N–H and O–H groups in total. The highest BCUT2D eigenvalue weighted by molar-refractivity contribution is 9.10. The van der Waals surface area contributed by atoms with E-state index in [1.807, 2.05) is 38.1 Å². The zero-order chi connectivity index (χ0) is 13.1. The van der Waals surface area contributed by atoms with Gasteiger partial charge in [0.25, 0.3) is 0 Å². The van der Waals surface area contributed by atoms with Crippen molar-refractivity contribution < 1.29 is 8.42 Å². The summed E-state index contributed by atoms with van der Waals surface area (Å²) in [5, 5.41) is 0. The standard InChI is InChI=1S/C12H18BrNO2S/c1-4-17(15,16)14-9-12(2,3)10-5-7-11(13)8-6-10/h5-8,14H,4,9H2,1-3H3. The molecule has 0 unspecified atom stereocenters. The van der Waals surface area contributed by atoms with E-state index in [4.69, 9.17) is 0 Å². The van der Waals surface area contributed by atoms with Crippen molar-refractivity contribution in [3.05, 3.63) is 34.3 Å². The van der Waals surface area contributed by atoms with Gasteiger partial charge in [-0.3, -0.25) is 0 Å². The molecule has 1 aromatic rings. The van der Waals surface area contributed by atoms with Gasteiger partial charge in [0.2, 0.25) is 10.0 Å². The molecule has 0 amide bonds. The van der Waals surface area contributed by atoms with Crippen molar-refractivity contribution in [2.45, 2.75) is 26.2 Å². The smallest absolute Gasteiger partial charge is 0.211 e. The van der Waals surface area contributed by atoms with Gasteiger partial charge in [0.1, 0.15) is 0 Å². The second kappa shape index (κ2) is 5.50. The van der Waals surface area contributed by atoms with E-state index in [0.29, 0.717) is 6.54 Å². The second-order valence-corrected chi connectivity index (χ2v) is 7.63. The van der Waals surface area contributed by atoms with Crippen molar-refractivity contribution in [1.82, 2.24) is 4.72 Å². The quantitative estimate of drug-likeness (QED) is 0.907. The van der Waals surface area contributed by atoms with Crippen LogP contribution in [-0.2, 0) is 15.4 Å². The Balaban J connectivity index is 2.78.